The zero-order chi connectivity index (χ0) is 23.7. The quantitative estimate of drug-likeness (QED) is 0.209. The molecule has 0 radical (unpaired) electrons. The van der Waals surface area contributed by atoms with Crippen LogP contribution in [0.25, 0.3) is 0 Å². The van der Waals surface area contributed by atoms with E-state index in [1.54, 1.807) is 6.07 Å². The lowest BCUT2D eigenvalue weighted by Crippen LogP contribution is -2.67. The van der Waals surface area contributed by atoms with Crippen LogP contribution in [0.15, 0.2) is 12.1 Å². The van der Waals surface area contributed by atoms with Gasteiger partial charge in [-0.3, -0.25) is 4.79 Å². The molecule has 5 rings (SSSR count). The number of carbonyl (C=O) groups excluding carboxylic acids is 2. The molecule has 4 fully saturated rings. The zero-order valence-electron chi connectivity index (χ0n) is 16.3. The van der Waals surface area contributed by atoms with Gasteiger partial charge < -0.3 is 14.6 Å². The second-order valence-corrected chi connectivity index (χ2v) is 13.9. The van der Waals surface area contributed by atoms with E-state index >= 15 is 0 Å². The van der Waals surface area contributed by atoms with E-state index in [2.05, 4.69) is 73.1 Å². The van der Waals surface area contributed by atoms with Crippen molar-refractivity contribution in [1.29, 1.82) is 0 Å². The third-order valence-corrected chi connectivity index (χ3v) is 10.9. The number of esters is 1. The van der Waals surface area contributed by atoms with Crippen LogP contribution in [0.2, 0.25) is 0 Å². The molecule has 13 heteroatoms. The molecule has 4 saturated carbocycles. The maximum atomic E-state index is 13.8. The second-order valence-electron chi connectivity index (χ2n) is 8.99. The maximum absolute atomic E-state index is 13.8. The lowest BCUT2D eigenvalue weighted by atomic mass is 9.51. The summed E-state index contributed by atoms with van der Waals surface area (Å²) in [5, 5.41) is -2.06. The maximum Gasteiger partial charge on any atom is 0.428 e. The molecule has 0 spiro atoms. The van der Waals surface area contributed by atoms with Crippen LogP contribution in [0.5, 0.6) is 0 Å². The van der Waals surface area contributed by atoms with Crippen molar-refractivity contribution >= 4 is 89.8 Å². The van der Waals surface area contributed by atoms with Crippen molar-refractivity contribution in [2.24, 2.45) is 11.8 Å². The predicted molar refractivity (Wildman–Crippen MR) is 133 cm³/mol. The van der Waals surface area contributed by atoms with Crippen molar-refractivity contribution in [3.8, 4) is 0 Å². The van der Waals surface area contributed by atoms with E-state index in [1.165, 1.54) is 0 Å². The average Bonchev–Trinajstić information content (AvgIpc) is 2.61. The third-order valence-electron chi connectivity index (χ3n) is 6.48. The summed E-state index contributed by atoms with van der Waals surface area (Å²) in [6.45, 7) is 0. The zero-order valence-corrected chi connectivity index (χ0v) is 23.6. The van der Waals surface area contributed by atoms with Crippen LogP contribution in [0.4, 0.5) is 8.78 Å². The van der Waals surface area contributed by atoms with Gasteiger partial charge in [-0.05, 0) is 124 Å². The molecule has 176 valence electrons. The van der Waals surface area contributed by atoms with Crippen LogP contribution in [-0.2, 0) is 19.6 Å². The Labute approximate surface area is 224 Å². The van der Waals surface area contributed by atoms with Gasteiger partial charge in [0.2, 0.25) is 0 Å². The summed E-state index contributed by atoms with van der Waals surface area (Å²) < 4.78 is 67.9. The minimum atomic E-state index is -6.20. The van der Waals surface area contributed by atoms with Gasteiger partial charge in [-0.25, -0.2) is 13.2 Å². The number of benzene rings is 1. The van der Waals surface area contributed by atoms with Crippen molar-refractivity contribution in [1.82, 2.24) is 5.32 Å². The fourth-order valence-electron chi connectivity index (χ4n) is 5.83. The van der Waals surface area contributed by atoms with E-state index in [9.17, 15) is 31.3 Å². The molecular weight excluding hydrogens is 789 g/mol. The summed E-state index contributed by atoms with van der Waals surface area (Å²) in [5.41, 5.74) is -1.56. The molecule has 0 aromatic heterocycles. The number of ether oxygens (including phenoxy) is 1. The molecule has 1 N–H and O–H groups in total. The molecule has 1 aromatic carbocycles. The van der Waals surface area contributed by atoms with E-state index in [4.69, 9.17) is 4.74 Å². The Morgan fingerprint density at radius 1 is 1.12 bits per heavy atom. The Kier molecular flexibility index (Phi) is 6.59. The molecule has 7 nitrogen and oxygen atoms in total. The highest BCUT2D eigenvalue weighted by Gasteiger charge is 2.62. The fraction of sp³-hybridized carbons (Fsp3) is 0.579. The average molecular weight is 806 g/mol. The Bertz CT molecular complexity index is 1100. The number of nitrogens with one attached hydrogen (secondary N) is 1. The van der Waals surface area contributed by atoms with Crippen molar-refractivity contribution in [2.45, 2.75) is 54.9 Å². The van der Waals surface area contributed by atoms with Crippen LogP contribution >= 0.6 is 67.8 Å². The van der Waals surface area contributed by atoms with Gasteiger partial charge in [0.05, 0.1) is 5.56 Å². The Balaban J connectivity index is 1.60. The minimum Gasteiger partial charge on any atom is -0.743 e. The number of alkyl halides is 2. The highest BCUT2D eigenvalue weighted by atomic mass is 127. The number of rotatable bonds is 5. The van der Waals surface area contributed by atoms with Crippen LogP contribution in [0.1, 0.15) is 48.9 Å². The van der Waals surface area contributed by atoms with E-state index in [0.717, 1.165) is 17.1 Å². The first-order chi connectivity index (χ1) is 14.7. The number of halogens is 5. The minimum absolute atomic E-state index is 0.0388. The highest BCUT2D eigenvalue weighted by Crippen LogP contribution is 2.59. The summed E-state index contributed by atoms with van der Waals surface area (Å²) >= 11 is 6.38. The van der Waals surface area contributed by atoms with Gasteiger partial charge in [0.15, 0.2) is 10.1 Å². The molecule has 2 unspecified atom stereocenters. The summed E-state index contributed by atoms with van der Waals surface area (Å²) in [6, 6.07) is 3.72. The molecule has 4 aliphatic carbocycles. The molecule has 4 aliphatic rings. The van der Waals surface area contributed by atoms with Crippen molar-refractivity contribution in [2.75, 3.05) is 0 Å². The number of amides is 1. The summed E-state index contributed by atoms with van der Waals surface area (Å²) in [4.78, 5) is 25.2. The number of hydrogen-bond acceptors (Lipinski definition) is 6. The van der Waals surface area contributed by atoms with Crippen LogP contribution < -0.4 is 5.32 Å². The third kappa shape index (κ3) is 4.53. The standard InChI is InChI=1S/C19H18F2I3NO6S/c20-19(21,32(28,29)30)16(27)31-18-6-9-1-10(7-18)5-17(4-9,8-18)25-15(26)12-2-11(22)3-13(23)14(12)24/h2-3,9-10H,1,4-8H2,(H,25,26)(H,28,29,30)/p-1. The van der Waals surface area contributed by atoms with Gasteiger partial charge in [0.1, 0.15) is 5.60 Å². The van der Waals surface area contributed by atoms with Crippen LogP contribution in [0, 0.1) is 22.5 Å². The first-order valence-electron chi connectivity index (χ1n) is 9.69. The van der Waals surface area contributed by atoms with Gasteiger partial charge >= 0.3 is 11.2 Å². The molecule has 0 saturated heterocycles. The van der Waals surface area contributed by atoms with Crippen molar-refractivity contribution < 1.29 is 36.1 Å². The summed E-state index contributed by atoms with van der Waals surface area (Å²) in [7, 11) is -6.20. The molecule has 1 aromatic rings. The second kappa shape index (κ2) is 8.36. The lowest BCUT2D eigenvalue weighted by molar-refractivity contribution is -0.205. The van der Waals surface area contributed by atoms with Crippen LogP contribution in [0.3, 0.4) is 0 Å². The van der Waals surface area contributed by atoms with Crippen molar-refractivity contribution in [3.63, 3.8) is 0 Å². The predicted octanol–water partition coefficient (Wildman–Crippen LogP) is 4.00. The highest BCUT2D eigenvalue weighted by molar-refractivity contribution is 14.1. The van der Waals surface area contributed by atoms with E-state index in [1.807, 2.05) is 6.07 Å². The number of carbonyl (C=O) groups is 2. The topological polar surface area (TPSA) is 113 Å². The molecular formula is C19H17F2I3NO6S-. The van der Waals surface area contributed by atoms with Gasteiger partial charge in [0.25, 0.3) is 5.91 Å². The number of hydrogen-bond donors (Lipinski definition) is 1. The van der Waals surface area contributed by atoms with Gasteiger partial charge in [-0.1, -0.05) is 0 Å². The largest absolute Gasteiger partial charge is 0.743 e. The summed E-state index contributed by atoms with van der Waals surface area (Å²) in [6.07, 6.45) is 2.80. The first kappa shape index (κ1) is 25.2. The SMILES string of the molecule is O=C(NC12CC3CC(C1)CC(OC(=O)C(F)(F)S(=O)(=O)[O-])(C3)C2)c1cc(I)cc(I)c1I. The lowest BCUT2D eigenvalue weighted by Gasteiger charge is -2.61. The Morgan fingerprint density at radius 3 is 2.28 bits per heavy atom. The first-order valence-corrected chi connectivity index (χ1v) is 14.3. The molecule has 4 bridgehead atoms. The Morgan fingerprint density at radius 2 is 1.72 bits per heavy atom. The van der Waals surface area contributed by atoms with Crippen LogP contribution in [-0.4, -0.2) is 41.2 Å². The van der Waals surface area contributed by atoms with E-state index in [0.29, 0.717) is 31.2 Å². The molecule has 0 aliphatic heterocycles. The molecule has 0 heterocycles. The smallest absolute Gasteiger partial charge is 0.428 e. The normalized spacial score (nSPS) is 31.4. The van der Waals surface area contributed by atoms with Gasteiger partial charge in [0, 0.05) is 22.7 Å². The molecule has 2 atom stereocenters. The molecule has 32 heavy (non-hydrogen) atoms. The Hall–Kier alpha value is 0.120. The fourth-order valence-corrected chi connectivity index (χ4v) is 8.48. The van der Waals surface area contributed by atoms with Gasteiger partial charge in [-0.2, -0.15) is 8.78 Å². The van der Waals surface area contributed by atoms with E-state index < -0.39 is 32.5 Å². The monoisotopic (exact) mass is 806 g/mol. The van der Waals surface area contributed by atoms with Gasteiger partial charge in [-0.15, -0.1) is 0 Å². The summed E-state index contributed by atoms with van der Waals surface area (Å²) in [5.74, 6) is -2.55. The van der Waals surface area contributed by atoms with E-state index in [-0.39, 0.29) is 24.2 Å². The van der Waals surface area contributed by atoms with Crippen molar-refractivity contribution in [3.05, 3.63) is 28.4 Å². The molecule has 1 amide bonds.